The van der Waals surface area contributed by atoms with Crippen LogP contribution < -0.4 is 5.32 Å². The van der Waals surface area contributed by atoms with Crippen molar-refractivity contribution in [3.8, 4) is 0 Å². The molecule has 2 aromatic heterocycles. The maximum absolute atomic E-state index is 12.5. The van der Waals surface area contributed by atoms with Crippen LogP contribution in [0, 0.1) is 13.8 Å². The first kappa shape index (κ1) is 15.4. The lowest BCUT2D eigenvalue weighted by Gasteiger charge is -2.06. The highest BCUT2D eigenvalue weighted by Crippen LogP contribution is 2.18. The van der Waals surface area contributed by atoms with Crippen LogP contribution in [0.5, 0.6) is 0 Å². The summed E-state index contributed by atoms with van der Waals surface area (Å²) in [6, 6.07) is 0. The fourth-order valence-electron chi connectivity index (χ4n) is 1.76. The molecular weight excluding hydrogens is 276 g/mol. The molecule has 0 bridgehead atoms. The monoisotopic (exact) mass is 291 g/mol. The molecule has 0 spiro atoms. The predicted octanol–water partition coefficient (Wildman–Crippen LogP) is 2.66. The Morgan fingerprint density at radius 1 is 1.37 bits per heavy atom. The van der Waals surface area contributed by atoms with Gasteiger partial charge >= 0.3 is 6.55 Å². The lowest BCUT2D eigenvalue weighted by molar-refractivity contribution is 0.0563. The standard InChI is InChI=1S/C11H15F2N5.ClH/c1-7-4-15-17(3)10(7)5-14-9-6-18(11(12)13)16-8(9)2;/h4,6,11,14H,5H2,1-3H3;1H. The topological polar surface area (TPSA) is 47.7 Å². The Morgan fingerprint density at radius 3 is 2.53 bits per heavy atom. The molecule has 0 aliphatic carbocycles. The molecule has 2 rings (SSSR count). The van der Waals surface area contributed by atoms with Gasteiger partial charge in [-0.25, -0.2) is 4.68 Å². The molecule has 0 saturated carbocycles. The molecule has 1 N–H and O–H groups in total. The van der Waals surface area contributed by atoms with Crippen molar-refractivity contribution in [1.82, 2.24) is 19.6 Å². The second-order valence-corrected chi connectivity index (χ2v) is 4.14. The van der Waals surface area contributed by atoms with Gasteiger partial charge in [0.1, 0.15) is 0 Å². The van der Waals surface area contributed by atoms with Crippen LogP contribution in [-0.4, -0.2) is 19.6 Å². The van der Waals surface area contributed by atoms with Crippen molar-refractivity contribution in [3.63, 3.8) is 0 Å². The van der Waals surface area contributed by atoms with E-state index < -0.39 is 6.55 Å². The van der Waals surface area contributed by atoms with E-state index in [1.165, 1.54) is 6.20 Å². The largest absolute Gasteiger partial charge is 0.377 e. The summed E-state index contributed by atoms with van der Waals surface area (Å²) < 4.78 is 27.3. The number of alkyl halides is 2. The first-order valence-corrected chi connectivity index (χ1v) is 5.54. The van der Waals surface area contributed by atoms with Crippen LogP contribution in [0.3, 0.4) is 0 Å². The second-order valence-electron chi connectivity index (χ2n) is 4.14. The molecular formula is C11H16ClF2N5. The number of rotatable bonds is 4. The minimum atomic E-state index is -2.61. The van der Waals surface area contributed by atoms with Crippen molar-refractivity contribution >= 4 is 18.1 Å². The van der Waals surface area contributed by atoms with Crippen LogP contribution in [0.4, 0.5) is 14.5 Å². The summed E-state index contributed by atoms with van der Waals surface area (Å²) >= 11 is 0. The Hall–Kier alpha value is -1.63. The number of hydrogen-bond acceptors (Lipinski definition) is 3. The minimum absolute atomic E-state index is 0. The van der Waals surface area contributed by atoms with Gasteiger partial charge in [-0.05, 0) is 19.4 Å². The number of hydrogen-bond donors (Lipinski definition) is 1. The number of aromatic nitrogens is 4. The zero-order chi connectivity index (χ0) is 13.3. The number of anilines is 1. The van der Waals surface area contributed by atoms with Crippen LogP contribution in [0.15, 0.2) is 12.4 Å². The molecule has 0 radical (unpaired) electrons. The lowest BCUT2D eigenvalue weighted by atomic mass is 10.2. The fourth-order valence-corrected chi connectivity index (χ4v) is 1.76. The fraction of sp³-hybridized carbons (Fsp3) is 0.455. The van der Waals surface area contributed by atoms with Gasteiger partial charge in [-0.3, -0.25) is 4.68 Å². The van der Waals surface area contributed by atoms with Crippen molar-refractivity contribution in [1.29, 1.82) is 0 Å². The van der Waals surface area contributed by atoms with Crippen molar-refractivity contribution in [2.24, 2.45) is 7.05 Å². The van der Waals surface area contributed by atoms with Gasteiger partial charge in [-0.15, -0.1) is 12.4 Å². The quantitative estimate of drug-likeness (QED) is 0.942. The van der Waals surface area contributed by atoms with E-state index in [2.05, 4.69) is 15.5 Å². The molecule has 0 aliphatic rings. The maximum Gasteiger partial charge on any atom is 0.333 e. The molecule has 5 nitrogen and oxygen atoms in total. The van der Waals surface area contributed by atoms with E-state index >= 15 is 0 Å². The van der Waals surface area contributed by atoms with Crippen LogP contribution in [0.25, 0.3) is 0 Å². The normalized spacial score (nSPS) is 10.6. The molecule has 106 valence electrons. The van der Waals surface area contributed by atoms with Crippen molar-refractivity contribution in [2.75, 3.05) is 5.32 Å². The highest BCUT2D eigenvalue weighted by atomic mass is 35.5. The van der Waals surface area contributed by atoms with E-state index in [0.717, 1.165) is 11.3 Å². The third-order valence-electron chi connectivity index (χ3n) is 2.83. The summed E-state index contributed by atoms with van der Waals surface area (Å²) in [5.74, 6) is 0. The first-order valence-electron chi connectivity index (χ1n) is 5.54. The maximum atomic E-state index is 12.5. The molecule has 8 heteroatoms. The highest BCUT2D eigenvalue weighted by molar-refractivity contribution is 5.85. The Kier molecular flexibility index (Phi) is 4.88. The van der Waals surface area contributed by atoms with Crippen molar-refractivity contribution < 1.29 is 8.78 Å². The number of halogens is 3. The molecule has 2 heterocycles. The lowest BCUT2D eigenvalue weighted by Crippen LogP contribution is -2.06. The van der Waals surface area contributed by atoms with Gasteiger partial charge in [0.05, 0.1) is 36.0 Å². The zero-order valence-corrected chi connectivity index (χ0v) is 11.7. The van der Waals surface area contributed by atoms with Crippen molar-refractivity contribution in [2.45, 2.75) is 26.9 Å². The summed E-state index contributed by atoms with van der Waals surface area (Å²) in [6.45, 7) is 1.56. The van der Waals surface area contributed by atoms with Crippen molar-refractivity contribution in [3.05, 3.63) is 29.3 Å². The Labute approximate surface area is 116 Å². The van der Waals surface area contributed by atoms with Crippen LogP contribution in [-0.2, 0) is 13.6 Å². The first-order chi connectivity index (χ1) is 8.49. The predicted molar refractivity (Wildman–Crippen MR) is 70.7 cm³/mol. The average molecular weight is 292 g/mol. The molecule has 0 fully saturated rings. The highest BCUT2D eigenvalue weighted by Gasteiger charge is 2.12. The van der Waals surface area contributed by atoms with Gasteiger partial charge in [-0.2, -0.15) is 19.0 Å². The van der Waals surface area contributed by atoms with E-state index in [1.54, 1.807) is 17.8 Å². The minimum Gasteiger partial charge on any atom is -0.377 e. The molecule has 0 amide bonds. The number of nitrogens with zero attached hydrogens (tertiary/aromatic N) is 4. The molecule has 19 heavy (non-hydrogen) atoms. The van der Waals surface area contributed by atoms with E-state index in [1.807, 2.05) is 14.0 Å². The smallest absolute Gasteiger partial charge is 0.333 e. The summed E-state index contributed by atoms with van der Waals surface area (Å²) in [7, 11) is 1.85. The van der Waals surface area contributed by atoms with Gasteiger partial charge in [0, 0.05) is 7.05 Å². The SMILES string of the molecule is Cc1cnn(C)c1CNc1cn(C(F)F)nc1C.Cl. The summed E-state index contributed by atoms with van der Waals surface area (Å²) in [4.78, 5) is 0. The molecule has 0 atom stereocenters. The Balaban J connectivity index is 0.00000180. The van der Waals surface area contributed by atoms with Gasteiger partial charge in [0.2, 0.25) is 0 Å². The summed E-state index contributed by atoms with van der Waals surface area (Å²) in [5.41, 5.74) is 3.23. The third-order valence-corrected chi connectivity index (χ3v) is 2.83. The zero-order valence-electron chi connectivity index (χ0n) is 10.9. The molecule has 0 saturated heterocycles. The van der Waals surface area contributed by atoms with E-state index in [0.29, 0.717) is 22.6 Å². The van der Waals surface area contributed by atoms with E-state index in [9.17, 15) is 8.78 Å². The average Bonchev–Trinajstić information content (AvgIpc) is 2.82. The Bertz CT molecular complexity index is 530. The number of aryl methyl sites for hydroxylation is 3. The number of nitrogens with one attached hydrogen (secondary N) is 1. The van der Waals surface area contributed by atoms with Crippen LogP contribution in [0.1, 0.15) is 23.5 Å². The molecule has 0 unspecified atom stereocenters. The molecule has 0 aromatic carbocycles. The molecule has 0 aliphatic heterocycles. The molecule has 2 aromatic rings. The third kappa shape index (κ3) is 3.23. The van der Waals surface area contributed by atoms with Crippen LogP contribution >= 0.6 is 12.4 Å². The van der Waals surface area contributed by atoms with Gasteiger partial charge in [0.25, 0.3) is 0 Å². The summed E-state index contributed by atoms with van der Waals surface area (Å²) in [6.07, 6.45) is 3.08. The Morgan fingerprint density at radius 2 is 2.05 bits per heavy atom. The van der Waals surface area contributed by atoms with E-state index in [-0.39, 0.29) is 12.4 Å². The van der Waals surface area contributed by atoms with Gasteiger partial charge < -0.3 is 5.32 Å². The van der Waals surface area contributed by atoms with E-state index in [4.69, 9.17) is 0 Å². The van der Waals surface area contributed by atoms with Crippen LogP contribution in [0.2, 0.25) is 0 Å². The second kappa shape index (κ2) is 6.01. The van der Waals surface area contributed by atoms with Gasteiger partial charge in [0.15, 0.2) is 0 Å². The van der Waals surface area contributed by atoms with Gasteiger partial charge in [-0.1, -0.05) is 0 Å². The summed E-state index contributed by atoms with van der Waals surface area (Å²) in [5, 5.41) is 11.0.